The van der Waals surface area contributed by atoms with Gasteiger partial charge < -0.3 is 9.80 Å². The molecule has 57 heavy (non-hydrogen) atoms. The van der Waals surface area contributed by atoms with E-state index in [1.54, 1.807) is 0 Å². The highest BCUT2D eigenvalue weighted by Crippen LogP contribution is 2.58. The molecule has 1 heterocycles. The van der Waals surface area contributed by atoms with Crippen molar-refractivity contribution in [3.63, 3.8) is 0 Å². The van der Waals surface area contributed by atoms with Crippen LogP contribution in [0.4, 0.5) is 34.1 Å². The molecule has 1 aliphatic rings. The van der Waals surface area contributed by atoms with Crippen molar-refractivity contribution in [1.82, 2.24) is 0 Å². The normalized spacial score (nSPS) is 12.8. The Labute approximate surface area is 335 Å². The van der Waals surface area contributed by atoms with E-state index in [-0.39, 0.29) is 5.41 Å². The van der Waals surface area contributed by atoms with Gasteiger partial charge in [-0.05, 0) is 80.7 Å². The smallest absolute Gasteiger partial charge is 0.0781 e. The van der Waals surface area contributed by atoms with E-state index >= 15 is 0 Å². The average molecular weight is 731 g/mol. The lowest BCUT2D eigenvalue weighted by Crippen LogP contribution is -2.32. The van der Waals surface area contributed by atoms with Gasteiger partial charge in [0.15, 0.2) is 0 Å². The number of para-hydroxylation sites is 2. The van der Waals surface area contributed by atoms with E-state index in [0.717, 1.165) is 28.3 Å². The van der Waals surface area contributed by atoms with Crippen LogP contribution >= 0.6 is 0 Å². The van der Waals surface area contributed by atoms with Crippen molar-refractivity contribution < 1.29 is 0 Å². The Morgan fingerprint density at radius 3 is 1.67 bits per heavy atom. The summed E-state index contributed by atoms with van der Waals surface area (Å²) in [4.78, 5) is 5.03. The second-order valence-corrected chi connectivity index (χ2v) is 15.3. The summed E-state index contributed by atoms with van der Waals surface area (Å²) in [5.41, 5.74) is 16.3. The lowest BCUT2D eigenvalue weighted by atomic mass is 9.70. The summed E-state index contributed by atoms with van der Waals surface area (Å²) in [6, 6.07) is 79.4. The molecule has 9 aromatic rings. The third kappa shape index (κ3) is 5.89. The molecule has 9 aromatic carbocycles. The molecule has 0 fully saturated rings. The van der Waals surface area contributed by atoms with E-state index in [9.17, 15) is 0 Å². The van der Waals surface area contributed by atoms with Crippen molar-refractivity contribution >= 4 is 44.9 Å². The van der Waals surface area contributed by atoms with Crippen LogP contribution < -0.4 is 9.80 Å². The molecule has 10 rings (SSSR count). The number of hydrogen-bond acceptors (Lipinski definition) is 2. The number of benzene rings is 9. The number of anilines is 6. The molecule has 0 amide bonds. The summed E-state index contributed by atoms with van der Waals surface area (Å²) in [6.45, 7) is 4.77. The van der Waals surface area contributed by atoms with Gasteiger partial charge in [-0.3, -0.25) is 0 Å². The standard InChI is InChI=1S/C55H42N2/c1-55(2)48-29-15-17-31-50(48)57(51-32-18-28-46(53(51)55)42-23-10-5-11-24-42)54-47-27-13-12-25-43(47)35-38-52(54)56(44-36-33-40(34-37-44)39-19-6-3-7-20-39)49-30-16-14-26-45(49)41-21-8-4-9-22-41/h3-38H,1-2H3. The number of rotatable bonds is 7. The fourth-order valence-corrected chi connectivity index (χ4v) is 8.98. The number of nitrogens with zero attached hydrogens (tertiary/aromatic N) is 2. The fourth-order valence-electron chi connectivity index (χ4n) is 8.98. The van der Waals surface area contributed by atoms with Gasteiger partial charge in [-0.2, -0.15) is 0 Å². The van der Waals surface area contributed by atoms with Gasteiger partial charge >= 0.3 is 0 Å². The van der Waals surface area contributed by atoms with Crippen LogP contribution in [0.2, 0.25) is 0 Å². The zero-order chi connectivity index (χ0) is 38.3. The molecular formula is C55H42N2. The molecule has 2 nitrogen and oxygen atoms in total. The number of fused-ring (bicyclic) bond motifs is 3. The highest BCUT2D eigenvalue weighted by molar-refractivity contribution is 6.09. The van der Waals surface area contributed by atoms with Gasteiger partial charge in [0.1, 0.15) is 0 Å². The monoisotopic (exact) mass is 730 g/mol. The van der Waals surface area contributed by atoms with Gasteiger partial charge in [0, 0.05) is 22.1 Å². The molecule has 0 atom stereocenters. The molecule has 0 radical (unpaired) electrons. The first kappa shape index (κ1) is 34.3. The van der Waals surface area contributed by atoms with Gasteiger partial charge in [0.2, 0.25) is 0 Å². The lowest BCUT2D eigenvalue weighted by Gasteiger charge is -2.44. The van der Waals surface area contributed by atoms with E-state index in [1.165, 1.54) is 61.1 Å². The summed E-state index contributed by atoms with van der Waals surface area (Å²) in [6.07, 6.45) is 0. The molecule has 2 heteroatoms. The third-order valence-corrected chi connectivity index (χ3v) is 11.6. The summed E-state index contributed by atoms with van der Waals surface area (Å²) >= 11 is 0. The van der Waals surface area contributed by atoms with Crippen LogP contribution in [-0.2, 0) is 5.41 Å². The first-order valence-electron chi connectivity index (χ1n) is 19.8. The summed E-state index contributed by atoms with van der Waals surface area (Å²) < 4.78 is 0. The maximum Gasteiger partial charge on any atom is 0.0781 e. The minimum Gasteiger partial charge on any atom is -0.308 e. The second-order valence-electron chi connectivity index (χ2n) is 15.3. The molecule has 0 saturated heterocycles. The summed E-state index contributed by atoms with van der Waals surface area (Å²) in [7, 11) is 0. The van der Waals surface area contributed by atoms with Crippen molar-refractivity contribution in [3.05, 3.63) is 230 Å². The van der Waals surface area contributed by atoms with Gasteiger partial charge in [0.25, 0.3) is 0 Å². The van der Waals surface area contributed by atoms with E-state index < -0.39 is 0 Å². The molecule has 0 aliphatic carbocycles. The van der Waals surface area contributed by atoms with Crippen LogP contribution in [0.3, 0.4) is 0 Å². The second kappa shape index (κ2) is 14.2. The topological polar surface area (TPSA) is 6.48 Å². The lowest BCUT2D eigenvalue weighted by molar-refractivity contribution is 0.634. The SMILES string of the molecule is CC1(C)c2ccccc2N(c2c(N(c3ccc(-c4ccccc4)cc3)c3ccccc3-c3ccccc3)ccc3ccccc23)c2cccc(-c3ccccc3)c21. The first-order chi connectivity index (χ1) is 28.1. The predicted molar refractivity (Wildman–Crippen MR) is 242 cm³/mol. The fraction of sp³-hybridized carbons (Fsp3) is 0.0545. The summed E-state index contributed by atoms with van der Waals surface area (Å²) in [5, 5.41) is 2.37. The molecule has 0 bridgehead atoms. The van der Waals surface area contributed by atoms with Crippen molar-refractivity contribution in [2.24, 2.45) is 0 Å². The van der Waals surface area contributed by atoms with E-state index in [0.29, 0.717) is 0 Å². The Balaban J connectivity index is 1.30. The average Bonchev–Trinajstić information content (AvgIpc) is 3.28. The van der Waals surface area contributed by atoms with E-state index in [4.69, 9.17) is 0 Å². The molecule has 1 aliphatic heterocycles. The van der Waals surface area contributed by atoms with Crippen molar-refractivity contribution in [3.8, 4) is 33.4 Å². The predicted octanol–water partition coefficient (Wildman–Crippen LogP) is 15.4. The van der Waals surface area contributed by atoms with Crippen LogP contribution in [0.1, 0.15) is 25.0 Å². The maximum absolute atomic E-state index is 2.55. The summed E-state index contributed by atoms with van der Waals surface area (Å²) in [5.74, 6) is 0. The zero-order valence-electron chi connectivity index (χ0n) is 32.2. The molecule has 0 unspecified atom stereocenters. The van der Waals surface area contributed by atoms with Gasteiger partial charge in [-0.25, -0.2) is 0 Å². The quantitative estimate of drug-likeness (QED) is 0.161. The zero-order valence-corrected chi connectivity index (χ0v) is 32.2. The minimum absolute atomic E-state index is 0.271. The van der Waals surface area contributed by atoms with Crippen LogP contribution in [0.25, 0.3) is 44.2 Å². The van der Waals surface area contributed by atoms with E-state index in [2.05, 4.69) is 242 Å². The van der Waals surface area contributed by atoms with Crippen LogP contribution in [-0.4, -0.2) is 0 Å². The maximum atomic E-state index is 2.55. The van der Waals surface area contributed by atoms with Crippen LogP contribution in [0, 0.1) is 0 Å². The molecule has 0 N–H and O–H groups in total. The van der Waals surface area contributed by atoms with Gasteiger partial charge in [0.05, 0.1) is 28.4 Å². The van der Waals surface area contributed by atoms with Crippen LogP contribution in [0.5, 0.6) is 0 Å². The molecule has 0 aromatic heterocycles. The molecule has 0 spiro atoms. The Bertz CT molecular complexity index is 2860. The number of hydrogen-bond donors (Lipinski definition) is 0. The first-order valence-corrected chi connectivity index (χ1v) is 19.8. The Kier molecular flexibility index (Phi) is 8.53. The molecule has 272 valence electrons. The molecule has 0 saturated carbocycles. The van der Waals surface area contributed by atoms with Crippen molar-refractivity contribution in [2.45, 2.75) is 19.3 Å². The van der Waals surface area contributed by atoms with Gasteiger partial charge in [-0.15, -0.1) is 0 Å². The Morgan fingerprint density at radius 2 is 0.930 bits per heavy atom. The van der Waals surface area contributed by atoms with Crippen LogP contribution in [0.15, 0.2) is 218 Å². The van der Waals surface area contributed by atoms with E-state index in [1.807, 2.05) is 0 Å². The molecular weight excluding hydrogens is 689 g/mol. The highest BCUT2D eigenvalue weighted by atomic mass is 15.2. The largest absolute Gasteiger partial charge is 0.308 e. The van der Waals surface area contributed by atoms with Crippen molar-refractivity contribution in [1.29, 1.82) is 0 Å². The van der Waals surface area contributed by atoms with Crippen molar-refractivity contribution in [2.75, 3.05) is 9.80 Å². The highest BCUT2D eigenvalue weighted by Gasteiger charge is 2.40. The third-order valence-electron chi connectivity index (χ3n) is 11.6. The minimum atomic E-state index is -0.271. The Hall–Kier alpha value is -7.16. The van der Waals surface area contributed by atoms with Gasteiger partial charge in [-0.1, -0.05) is 196 Å². The Morgan fingerprint density at radius 1 is 0.386 bits per heavy atom.